The summed E-state index contributed by atoms with van der Waals surface area (Å²) in [5.41, 5.74) is 0.894. The molecule has 2 saturated carbocycles. The van der Waals surface area contributed by atoms with Crippen LogP contribution in [0, 0.1) is 17.8 Å². The van der Waals surface area contributed by atoms with Crippen LogP contribution in [-0.4, -0.2) is 59.3 Å². The first-order valence-electron chi connectivity index (χ1n) is 10.0. The van der Waals surface area contributed by atoms with Gasteiger partial charge < -0.3 is 4.74 Å². The highest BCUT2D eigenvalue weighted by molar-refractivity contribution is 14.1. The van der Waals surface area contributed by atoms with Gasteiger partial charge in [0.2, 0.25) is 5.92 Å². The monoisotopic (exact) mass is 516 g/mol. The number of hydrogen-bond acceptors (Lipinski definition) is 4. The summed E-state index contributed by atoms with van der Waals surface area (Å²) in [6.45, 7) is 1.68. The Labute approximate surface area is 178 Å². The standard InChI is InChI=1S/C19H30F3IN3O2/c1-11(7-14(20)23)28-15(27)10-24-18-16(12-5-4-6-12)17(25-26(18,2)3)13-8-19(21,22)9-13/h11-14,16,18,24H,4-10H2,1-3H3/q+1/t11-,14+,16?,18?/m0/s1. The average Bonchev–Trinajstić information content (AvgIpc) is 2.71. The second-order valence-electron chi connectivity index (χ2n) is 8.93. The highest BCUT2D eigenvalue weighted by atomic mass is 127. The van der Waals surface area contributed by atoms with Crippen LogP contribution >= 0.6 is 22.6 Å². The summed E-state index contributed by atoms with van der Waals surface area (Å²) in [6, 6.07) is 0. The fraction of sp³-hybridized carbons (Fsp3) is 0.895. The van der Waals surface area contributed by atoms with Crippen molar-refractivity contribution < 1.29 is 27.3 Å². The molecule has 0 aromatic rings. The van der Waals surface area contributed by atoms with Crippen molar-refractivity contribution in [3.05, 3.63) is 0 Å². The normalized spacial score (nSPS) is 31.5. The van der Waals surface area contributed by atoms with Gasteiger partial charge in [0.05, 0.1) is 32.3 Å². The minimum atomic E-state index is -2.58. The Morgan fingerprint density at radius 3 is 2.54 bits per heavy atom. The molecule has 9 heteroatoms. The largest absolute Gasteiger partial charge is 0.462 e. The van der Waals surface area contributed by atoms with Crippen LogP contribution in [-0.2, 0) is 9.53 Å². The van der Waals surface area contributed by atoms with Crippen molar-refractivity contribution in [2.45, 2.75) is 67.8 Å². The van der Waals surface area contributed by atoms with Crippen LogP contribution in [0.2, 0.25) is 0 Å². The topological polar surface area (TPSA) is 50.7 Å². The molecule has 28 heavy (non-hydrogen) atoms. The Hall–Kier alpha value is -0.420. The summed E-state index contributed by atoms with van der Waals surface area (Å²) < 4.78 is 44.4. The van der Waals surface area contributed by atoms with E-state index in [2.05, 4.69) is 5.32 Å². The van der Waals surface area contributed by atoms with E-state index >= 15 is 0 Å². The van der Waals surface area contributed by atoms with Crippen LogP contribution < -0.4 is 5.32 Å². The lowest BCUT2D eigenvalue weighted by Crippen LogP contribution is -2.57. The molecular weight excluding hydrogens is 486 g/mol. The van der Waals surface area contributed by atoms with Gasteiger partial charge in [-0.2, -0.15) is 4.59 Å². The molecule has 0 spiro atoms. The van der Waals surface area contributed by atoms with Crippen molar-refractivity contribution in [3.63, 3.8) is 0 Å². The van der Waals surface area contributed by atoms with E-state index in [-0.39, 0.29) is 48.4 Å². The SMILES string of the molecule is C[C@@H](C[C@H](F)I)OC(=O)CNC1C(C2CCC2)C(C2CC(F)(F)C2)=N[N+]1(C)C. The molecule has 2 unspecified atom stereocenters. The molecule has 1 heterocycles. The van der Waals surface area contributed by atoms with Gasteiger partial charge in [-0.15, -0.1) is 0 Å². The summed E-state index contributed by atoms with van der Waals surface area (Å²) >= 11 is 1.66. The Morgan fingerprint density at radius 2 is 2.04 bits per heavy atom. The van der Waals surface area contributed by atoms with Crippen LogP contribution in [0.4, 0.5) is 13.2 Å². The van der Waals surface area contributed by atoms with Gasteiger partial charge in [0, 0.05) is 25.2 Å². The molecule has 3 rings (SSSR count). The van der Waals surface area contributed by atoms with E-state index in [1.54, 1.807) is 29.5 Å². The second kappa shape index (κ2) is 8.37. The van der Waals surface area contributed by atoms with Crippen LogP contribution in [0.15, 0.2) is 5.10 Å². The molecule has 3 aliphatic rings. The molecule has 0 aromatic heterocycles. The lowest BCUT2D eigenvalue weighted by Gasteiger charge is -2.41. The maximum Gasteiger partial charge on any atom is 0.320 e. The molecular formula is C19H30F3IN3O2+. The number of nitrogens with zero attached hydrogens (tertiary/aromatic N) is 2. The summed E-state index contributed by atoms with van der Waals surface area (Å²) in [4.78, 5) is 12.2. The van der Waals surface area contributed by atoms with E-state index in [9.17, 15) is 18.0 Å². The molecule has 0 saturated heterocycles. The number of rotatable bonds is 8. The van der Waals surface area contributed by atoms with Gasteiger partial charge >= 0.3 is 5.97 Å². The van der Waals surface area contributed by atoms with E-state index in [1.807, 2.05) is 14.1 Å². The fourth-order valence-corrected chi connectivity index (χ4v) is 5.32. The Balaban J connectivity index is 1.63. The lowest BCUT2D eigenvalue weighted by molar-refractivity contribution is -0.921. The van der Waals surface area contributed by atoms with Crippen molar-refractivity contribution >= 4 is 34.3 Å². The zero-order chi connectivity index (χ0) is 20.7. The third-order valence-electron chi connectivity index (χ3n) is 6.20. The van der Waals surface area contributed by atoms with Crippen molar-refractivity contribution in [1.29, 1.82) is 0 Å². The number of esters is 1. The third kappa shape index (κ3) is 5.00. The predicted molar refractivity (Wildman–Crippen MR) is 109 cm³/mol. The smallest absolute Gasteiger partial charge is 0.320 e. The van der Waals surface area contributed by atoms with Gasteiger partial charge in [-0.05, 0) is 48.3 Å². The minimum Gasteiger partial charge on any atom is -0.462 e. The molecule has 160 valence electrons. The molecule has 2 fully saturated rings. The van der Waals surface area contributed by atoms with Crippen molar-refractivity contribution in [3.8, 4) is 0 Å². The number of halogens is 4. The zero-order valence-corrected chi connectivity index (χ0v) is 18.8. The van der Waals surface area contributed by atoms with Crippen molar-refractivity contribution in [1.82, 2.24) is 5.32 Å². The maximum atomic E-state index is 13.5. The first-order valence-corrected chi connectivity index (χ1v) is 11.3. The maximum absolute atomic E-state index is 13.5. The van der Waals surface area contributed by atoms with E-state index in [0.717, 1.165) is 25.0 Å². The quantitative estimate of drug-likeness (QED) is 0.231. The van der Waals surface area contributed by atoms with E-state index in [1.165, 1.54) is 0 Å². The number of ether oxygens (including phenoxy) is 1. The fourth-order valence-electron chi connectivity index (χ4n) is 4.61. The molecule has 4 atom stereocenters. The lowest BCUT2D eigenvalue weighted by atomic mass is 9.66. The van der Waals surface area contributed by atoms with Gasteiger partial charge in [0.25, 0.3) is 0 Å². The predicted octanol–water partition coefficient (Wildman–Crippen LogP) is 3.86. The highest BCUT2D eigenvalue weighted by Crippen LogP contribution is 2.50. The highest BCUT2D eigenvalue weighted by Gasteiger charge is 2.58. The van der Waals surface area contributed by atoms with Gasteiger partial charge in [-0.25, -0.2) is 13.2 Å². The van der Waals surface area contributed by atoms with Crippen LogP contribution in [0.25, 0.3) is 0 Å². The number of hydrogen-bond donors (Lipinski definition) is 1. The van der Waals surface area contributed by atoms with Gasteiger partial charge in [0.1, 0.15) is 6.10 Å². The first-order chi connectivity index (χ1) is 13.0. The third-order valence-corrected chi connectivity index (χ3v) is 6.71. The molecule has 1 N–H and O–H groups in total. The first kappa shape index (κ1) is 22.3. The van der Waals surface area contributed by atoms with Gasteiger partial charge in [-0.3, -0.25) is 10.1 Å². The molecule has 0 amide bonds. The number of quaternary nitrogens is 1. The minimum absolute atomic E-state index is 0.00172. The van der Waals surface area contributed by atoms with Crippen LogP contribution in [0.3, 0.4) is 0 Å². The number of carbonyl (C=O) groups is 1. The summed E-state index contributed by atoms with van der Waals surface area (Å²) in [5, 5.41) is 8.09. The molecule has 1 aliphatic heterocycles. The van der Waals surface area contributed by atoms with Crippen LogP contribution in [0.5, 0.6) is 0 Å². The zero-order valence-electron chi connectivity index (χ0n) is 16.6. The Kier molecular flexibility index (Phi) is 6.66. The molecule has 0 radical (unpaired) electrons. The van der Waals surface area contributed by atoms with E-state index < -0.39 is 22.2 Å². The van der Waals surface area contributed by atoms with Crippen molar-refractivity contribution in [2.75, 3.05) is 20.6 Å². The molecule has 5 nitrogen and oxygen atoms in total. The second-order valence-corrected chi connectivity index (χ2v) is 10.3. The van der Waals surface area contributed by atoms with E-state index in [0.29, 0.717) is 5.92 Å². The number of carbonyl (C=O) groups excluding carboxylic acids is 1. The molecule has 0 aromatic carbocycles. The van der Waals surface area contributed by atoms with Gasteiger partial charge in [0.15, 0.2) is 10.3 Å². The Bertz CT molecular complexity index is 618. The molecule has 0 bridgehead atoms. The average molecular weight is 516 g/mol. The summed E-state index contributed by atoms with van der Waals surface area (Å²) in [7, 11) is 3.87. The summed E-state index contributed by atoms with van der Waals surface area (Å²) in [6.07, 6.45) is 2.57. The number of nitrogens with one attached hydrogen (secondary N) is 1. The van der Waals surface area contributed by atoms with Gasteiger partial charge in [-0.1, -0.05) is 11.5 Å². The molecule has 2 aliphatic carbocycles. The van der Waals surface area contributed by atoms with E-state index in [4.69, 9.17) is 9.84 Å². The van der Waals surface area contributed by atoms with Crippen LogP contribution in [0.1, 0.15) is 45.4 Å². The number of alkyl halides is 4. The van der Waals surface area contributed by atoms with Crippen molar-refractivity contribution in [2.24, 2.45) is 22.9 Å². The Morgan fingerprint density at radius 1 is 1.39 bits per heavy atom. The summed E-state index contributed by atoms with van der Waals surface area (Å²) in [5.74, 6) is -2.68.